The summed E-state index contributed by atoms with van der Waals surface area (Å²) in [5, 5.41) is 11.8. The lowest BCUT2D eigenvalue weighted by atomic mass is 10.2. The molecule has 0 spiro atoms. The van der Waals surface area contributed by atoms with Crippen LogP contribution in [-0.4, -0.2) is 37.6 Å². The van der Waals surface area contributed by atoms with Crippen molar-refractivity contribution >= 4 is 0 Å². The Morgan fingerprint density at radius 2 is 2.39 bits per heavy atom. The molecule has 1 fully saturated rings. The van der Waals surface area contributed by atoms with Gasteiger partial charge in [0.15, 0.2) is 0 Å². The summed E-state index contributed by atoms with van der Waals surface area (Å²) in [7, 11) is 0. The molecule has 1 aromatic carbocycles. The summed E-state index contributed by atoms with van der Waals surface area (Å²) in [6.07, 6.45) is 2.48. The van der Waals surface area contributed by atoms with E-state index in [1.54, 1.807) is 0 Å². The maximum absolute atomic E-state index is 8.70. The number of hydrogen-bond acceptors (Lipinski definition) is 4. The van der Waals surface area contributed by atoms with Gasteiger partial charge in [0.2, 0.25) is 0 Å². The van der Waals surface area contributed by atoms with Crippen LogP contribution in [0.2, 0.25) is 0 Å². The molecule has 1 aliphatic heterocycles. The molecule has 0 aliphatic carbocycles. The first-order valence-electron chi connectivity index (χ1n) is 6.53. The third kappa shape index (κ3) is 4.29. The van der Waals surface area contributed by atoms with Gasteiger partial charge in [0, 0.05) is 19.7 Å². The van der Waals surface area contributed by atoms with Gasteiger partial charge >= 0.3 is 0 Å². The average Bonchev–Trinajstić information content (AvgIpc) is 2.90. The number of rotatable bonds is 7. The van der Waals surface area contributed by atoms with Crippen LogP contribution >= 0.6 is 0 Å². The number of nitrogens with one attached hydrogen (secondary N) is 1. The second-order valence-electron chi connectivity index (χ2n) is 4.49. The molecule has 1 atom stereocenters. The molecule has 100 valence electrons. The zero-order chi connectivity index (χ0) is 12.6. The zero-order valence-corrected chi connectivity index (χ0v) is 10.6. The molecule has 1 aromatic rings. The van der Waals surface area contributed by atoms with Crippen molar-refractivity contribution in [2.24, 2.45) is 0 Å². The number of aliphatic hydroxyl groups is 1. The Morgan fingerprint density at radius 1 is 1.44 bits per heavy atom. The summed E-state index contributed by atoms with van der Waals surface area (Å²) in [6.45, 7) is 3.01. The van der Waals surface area contributed by atoms with E-state index < -0.39 is 0 Å². The van der Waals surface area contributed by atoms with E-state index in [0.717, 1.165) is 37.3 Å². The van der Waals surface area contributed by atoms with E-state index >= 15 is 0 Å². The van der Waals surface area contributed by atoms with Gasteiger partial charge in [0.05, 0.1) is 12.7 Å². The summed E-state index contributed by atoms with van der Waals surface area (Å²) in [5.41, 5.74) is 1.16. The molecular formula is C14H21NO3. The maximum atomic E-state index is 8.70. The molecule has 4 heteroatoms. The number of ether oxygens (including phenoxy) is 2. The van der Waals surface area contributed by atoms with Crippen molar-refractivity contribution < 1.29 is 14.6 Å². The standard InChI is InChI=1S/C14H21NO3/c16-7-6-15-10-12-3-1-4-13(9-12)18-11-14-5-2-8-17-14/h1,3-4,9,14-16H,2,5-8,10-11H2. The van der Waals surface area contributed by atoms with Crippen molar-refractivity contribution in [2.75, 3.05) is 26.4 Å². The van der Waals surface area contributed by atoms with Gasteiger partial charge < -0.3 is 19.9 Å². The van der Waals surface area contributed by atoms with Crippen molar-refractivity contribution in [1.82, 2.24) is 5.32 Å². The fraction of sp³-hybridized carbons (Fsp3) is 0.571. The van der Waals surface area contributed by atoms with E-state index in [-0.39, 0.29) is 12.7 Å². The highest BCUT2D eigenvalue weighted by Crippen LogP contribution is 2.17. The third-order valence-electron chi connectivity index (χ3n) is 2.98. The lowest BCUT2D eigenvalue weighted by Gasteiger charge is -2.12. The lowest BCUT2D eigenvalue weighted by molar-refractivity contribution is 0.0679. The number of hydrogen-bond donors (Lipinski definition) is 2. The van der Waals surface area contributed by atoms with Gasteiger partial charge in [0.25, 0.3) is 0 Å². The van der Waals surface area contributed by atoms with E-state index in [1.165, 1.54) is 0 Å². The largest absolute Gasteiger partial charge is 0.491 e. The second kappa shape index (κ2) is 7.36. The molecule has 0 aromatic heterocycles. The Hall–Kier alpha value is -1.10. The summed E-state index contributed by atoms with van der Waals surface area (Å²) >= 11 is 0. The maximum Gasteiger partial charge on any atom is 0.119 e. The molecule has 0 saturated carbocycles. The molecule has 4 nitrogen and oxygen atoms in total. The van der Waals surface area contributed by atoms with Crippen LogP contribution in [0.15, 0.2) is 24.3 Å². The van der Waals surface area contributed by atoms with Gasteiger partial charge in [-0.3, -0.25) is 0 Å². The molecule has 18 heavy (non-hydrogen) atoms. The monoisotopic (exact) mass is 251 g/mol. The molecule has 0 bridgehead atoms. The van der Waals surface area contributed by atoms with Crippen LogP contribution < -0.4 is 10.1 Å². The fourth-order valence-corrected chi connectivity index (χ4v) is 2.02. The van der Waals surface area contributed by atoms with Crippen LogP contribution in [0.1, 0.15) is 18.4 Å². The smallest absolute Gasteiger partial charge is 0.119 e. The molecule has 2 N–H and O–H groups in total. The van der Waals surface area contributed by atoms with Crippen molar-refractivity contribution in [1.29, 1.82) is 0 Å². The highest BCUT2D eigenvalue weighted by atomic mass is 16.5. The molecule has 0 radical (unpaired) electrons. The Labute approximate surface area is 108 Å². The predicted molar refractivity (Wildman–Crippen MR) is 69.7 cm³/mol. The normalized spacial score (nSPS) is 19.1. The Bertz CT molecular complexity index is 351. The minimum atomic E-state index is 0.162. The van der Waals surface area contributed by atoms with Crippen LogP contribution in [0.5, 0.6) is 5.75 Å². The van der Waals surface area contributed by atoms with E-state index in [2.05, 4.69) is 5.32 Å². The molecule has 0 amide bonds. The van der Waals surface area contributed by atoms with Crippen LogP contribution in [0.4, 0.5) is 0 Å². The van der Waals surface area contributed by atoms with Gasteiger partial charge in [-0.1, -0.05) is 12.1 Å². The van der Waals surface area contributed by atoms with Crippen molar-refractivity contribution in [3.8, 4) is 5.75 Å². The second-order valence-corrected chi connectivity index (χ2v) is 4.49. The minimum Gasteiger partial charge on any atom is -0.491 e. The number of aliphatic hydroxyl groups excluding tert-OH is 1. The first-order valence-corrected chi connectivity index (χ1v) is 6.53. The Morgan fingerprint density at radius 3 is 3.17 bits per heavy atom. The first kappa shape index (κ1) is 13.3. The molecular weight excluding hydrogens is 230 g/mol. The van der Waals surface area contributed by atoms with Gasteiger partial charge in [-0.25, -0.2) is 0 Å². The van der Waals surface area contributed by atoms with Crippen LogP contribution in [0.3, 0.4) is 0 Å². The van der Waals surface area contributed by atoms with E-state index in [1.807, 2.05) is 24.3 Å². The fourth-order valence-electron chi connectivity index (χ4n) is 2.02. The minimum absolute atomic E-state index is 0.162. The van der Waals surface area contributed by atoms with E-state index in [0.29, 0.717) is 13.2 Å². The van der Waals surface area contributed by atoms with Gasteiger partial charge in [-0.05, 0) is 30.5 Å². The molecule has 1 aliphatic rings. The lowest BCUT2D eigenvalue weighted by Crippen LogP contribution is -2.18. The summed E-state index contributed by atoms with van der Waals surface area (Å²) in [5.74, 6) is 0.883. The van der Waals surface area contributed by atoms with Crippen molar-refractivity contribution in [3.05, 3.63) is 29.8 Å². The van der Waals surface area contributed by atoms with Gasteiger partial charge in [-0.2, -0.15) is 0 Å². The van der Waals surface area contributed by atoms with Crippen molar-refractivity contribution in [2.45, 2.75) is 25.5 Å². The third-order valence-corrected chi connectivity index (χ3v) is 2.98. The average molecular weight is 251 g/mol. The molecule has 1 unspecified atom stereocenters. The molecule has 2 rings (SSSR count). The Kier molecular flexibility index (Phi) is 5.45. The quantitative estimate of drug-likeness (QED) is 0.718. The summed E-state index contributed by atoms with van der Waals surface area (Å²) in [4.78, 5) is 0. The number of benzene rings is 1. The van der Waals surface area contributed by atoms with Gasteiger partial charge in [-0.15, -0.1) is 0 Å². The van der Waals surface area contributed by atoms with E-state index in [4.69, 9.17) is 14.6 Å². The highest BCUT2D eigenvalue weighted by molar-refractivity contribution is 5.28. The van der Waals surface area contributed by atoms with E-state index in [9.17, 15) is 0 Å². The Balaban J connectivity index is 1.78. The topological polar surface area (TPSA) is 50.7 Å². The highest BCUT2D eigenvalue weighted by Gasteiger charge is 2.15. The predicted octanol–water partition coefficient (Wildman–Crippen LogP) is 1.33. The molecule has 1 saturated heterocycles. The summed E-state index contributed by atoms with van der Waals surface area (Å²) < 4.78 is 11.3. The first-order chi connectivity index (χ1) is 8.88. The molecule has 1 heterocycles. The SMILES string of the molecule is OCCNCc1cccc(OCC2CCCO2)c1. The van der Waals surface area contributed by atoms with Crippen LogP contribution in [0.25, 0.3) is 0 Å². The van der Waals surface area contributed by atoms with Crippen LogP contribution in [-0.2, 0) is 11.3 Å². The van der Waals surface area contributed by atoms with Crippen LogP contribution in [0, 0.1) is 0 Å². The van der Waals surface area contributed by atoms with Crippen molar-refractivity contribution in [3.63, 3.8) is 0 Å². The van der Waals surface area contributed by atoms with Gasteiger partial charge in [0.1, 0.15) is 12.4 Å². The zero-order valence-electron chi connectivity index (χ0n) is 10.6. The summed E-state index contributed by atoms with van der Waals surface area (Å²) in [6, 6.07) is 8.02.